The van der Waals surface area contributed by atoms with Crippen LogP contribution in [0.1, 0.15) is 36.9 Å². The molecule has 4 rings (SSSR count). The predicted molar refractivity (Wildman–Crippen MR) is 126 cm³/mol. The normalized spacial score (nSPS) is 12.9. The summed E-state index contributed by atoms with van der Waals surface area (Å²) in [6.07, 6.45) is 0.478. The van der Waals surface area contributed by atoms with Crippen LogP contribution >= 0.6 is 0 Å². The summed E-state index contributed by atoms with van der Waals surface area (Å²) < 4.78 is 43.6. The van der Waals surface area contributed by atoms with Gasteiger partial charge in [0.15, 0.2) is 11.3 Å². The highest BCUT2D eigenvalue weighted by molar-refractivity contribution is 5.78. The van der Waals surface area contributed by atoms with E-state index in [4.69, 9.17) is 13.9 Å². The van der Waals surface area contributed by atoms with Crippen LogP contribution in [0.3, 0.4) is 0 Å². The van der Waals surface area contributed by atoms with E-state index in [1.807, 2.05) is 0 Å². The number of hydrogen-bond acceptors (Lipinski definition) is 7. The topological polar surface area (TPSA) is 101 Å². The maximum atomic E-state index is 13.5. The molecule has 0 N–H and O–H groups in total. The minimum absolute atomic E-state index is 0.132. The largest absolute Gasteiger partial charge is 0.493 e. The molecule has 2 heterocycles. The maximum absolute atomic E-state index is 13.5. The molecule has 0 bridgehead atoms. The maximum Gasteiger partial charge on any atom is 0.423 e. The van der Waals surface area contributed by atoms with Gasteiger partial charge in [0.05, 0.1) is 7.11 Å². The van der Waals surface area contributed by atoms with Crippen molar-refractivity contribution in [1.29, 1.82) is 0 Å². The Kier molecular flexibility index (Phi) is 6.96. The molecule has 8 nitrogen and oxygen atoms in total. The van der Waals surface area contributed by atoms with Gasteiger partial charge in [-0.1, -0.05) is 24.3 Å². The number of methoxy groups -OCH3 is 1. The number of rotatable bonds is 7. The van der Waals surface area contributed by atoms with Gasteiger partial charge in [-0.15, -0.1) is 0 Å². The first-order valence-electron chi connectivity index (χ1n) is 11.0. The van der Waals surface area contributed by atoms with Gasteiger partial charge in [-0.25, -0.2) is 27.9 Å². The van der Waals surface area contributed by atoms with Gasteiger partial charge in [0.2, 0.25) is 5.58 Å². The Balaban J connectivity index is 1.67. The van der Waals surface area contributed by atoms with Crippen molar-refractivity contribution < 1.29 is 27.5 Å². The summed E-state index contributed by atoms with van der Waals surface area (Å²) in [6.45, 7) is 2.93. The molecule has 4 aromatic rings. The molecule has 0 unspecified atom stereocenters. The molecular weight excluding hydrogens is 474 g/mol. The Hall–Kier alpha value is -4.34. The Morgan fingerprint density at radius 2 is 1.50 bits per heavy atom. The smallest absolute Gasteiger partial charge is 0.423 e. The third-order valence-electron chi connectivity index (χ3n) is 5.85. The fourth-order valence-corrected chi connectivity index (χ4v) is 4.04. The fourth-order valence-electron chi connectivity index (χ4n) is 4.04. The van der Waals surface area contributed by atoms with Crippen LogP contribution in [0, 0.1) is 11.6 Å². The summed E-state index contributed by atoms with van der Waals surface area (Å²) in [4.78, 5) is 42.6. The van der Waals surface area contributed by atoms with Crippen LogP contribution in [0.4, 0.5) is 8.78 Å². The molecule has 0 aliphatic carbocycles. The fraction of sp³-hybridized carbons (Fsp3) is 0.231. The first-order valence-corrected chi connectivity index (χ1v) is 11.0. The molecule has 2 aromatic carbocycles. The van der Waals surface area contributed by atoms with Gasteiger partial charge < -0.3 is 13.9 Å². The van der Waals surface area contributed by atoms with Crippen LogP contribution in [0.5, 0.6) is 5.75 Å². The molecule has 0 spiro atoms. The van der Waals surface area contributed by atoms with Crippen molar-refractivity contribution in [2.75, 3.05) is 7.11 Å². The molecule has 0 fully saturated rings. The van der Waals surface area contributed by atoms with Crippen molar-refractivity contribution in [2.24, 2.45) is 0 Å². The number of carbonyl (C=O) groups is 1. The number of nitrogens with zero attached hydrogens (tertiary/aromatic N) is 2. The summed E-state index contributed by atoms with van der Waals surface area (Å²) in [5.74, 6) is -3.28. The number of hydrogen-bond donors (Lipinski definition) is 0. The van der Waals surface area contributed by atoms with Gasteiger partial charge in [-0.2, -0.15) is 0 Å². The van der Waals surface area contributed by atoms with Crippen LogP contribution in [-0.2, 0) is 9.53 Å². The summed E-state index contributed by atoms with van der Waals surface area (Å²) in [5.41, 5.74) is 0.0835. The van der Waals surface area contributed by atoms with Crippen LogP contribution in [0.25, 0.3) is 11.1 Å². The quantitative estimate of drug-likeness (QED) is 0.357. The molecule has 0 radical (unpaired) electrons. The zero-order valence-electron chi connectivity index (χ0n) is 19.6. The van der Waals surface area contributed by atoms with Gasteiger partial charge in [-0.05, 0) is 49.2 Å². The number of halogens is 2. The highest BCUT2D eigenvalue weighted by Crippen LogP contribution is 2.31. The number of ether oxygens (including phenoxy) is 2. The summed E-state index contributed by atoms with van der Waals surface area (Å²) in [5, 5.41) is 0. The van der Waals surface area contributed by atoms with E-state index in [1.165, 1.54) is 50.6 Å². The van der Waals surface area contributed by atoms with E-state index in [1.54, 1.807) is 31.2 Å². The highest BCUT2D eigenvalue weighted by Gasteiger charge is 2.30. The Morgan fingerprint density at radius 3 is 2.03 bits per heavy atom. The molecule has 0 aliphatic rings. The summed E-state index contributed by atoms with van der Waals surface area (Å²) >= 11 is 0. The monoisotopic (exact) mass is 496 g/mol. The average Bonchev–Trinajstić information content (AvgIpc) is 2.86. The molecule has 0 saturated heterocycles. The minimum atomic E-state index is -1.35. The predicted octanol–water partition coefficient (Wildman–Crippen LogP) is 3.96. The lowest BCUT2D eigenvalue weighted by Gasteiger charge is -2.26. The van der Waals surface area contributed by atoms with E-state index in [9.17, 15) is 23.2 Å². The third-order valence-corrected chi connectivity index (χ3v) is 5.85. The first-order chi connectivity index (χ1) is 17.2. The molecule has 0 saturated carbocycles. The van der Waals surface area contributed by atoms with Gasteiger partial charge in [0, 0.05) is 18.2 Å². The van der Waals surface area contributed by atoms with E-state index >= 15 is 0 Å². The highest BCUT2D eigenvalue weighted by atomic mass is 19.1. The number of fused-ring (bicyclic) bond motifs is 1. The Labute approximate surface area is 203 Å². The molecule has 186 valence electrons. The molecular formula is C26H22F2N2O6. The lowest BCUT2D eigenvalue weighted by molar-refractivity contribution is -0.152. The molecule has 2 atom stereocenters. The average molecular weight is 496 g/mol. The van der Waals surface area contributed by atoms with E-state index in [2.05, 4.69) is 4.98 Å². The van der Waals surface area contributed by atoms with Crippen LogP contribution < -0.4 is 16.1 Å². The number of benzene rings is 2. The third kappa shape index (κ3) is 4.74. The summed E-state index contributed by atoms with van der Waals surface area (Å²) in [6, 6.07) is 11.3. The van der Waals surface area contributed by atoms with Crippen molar-refractivity contribution in [2.45, 2.75) is 31.9 Å². The van der Waals surface area contributed by atoms with E-state index < -0.39 is 47.0 Å². The van der Waals surface area contributed by atoms with Crippen molar-refractivity contribution in [3.63, 3.8) is 0 Å². The van der Waals surface area contributed by atoms with Crippen LogP contribution in [0.2, 0.25) is 0 Å². The Morgan fingerprint density at radius 1 is 0.944 bits per heavy atom. The molecule has 36 heavy (non-hydrogen) atoms. The van der Waals surface area contributed by atoms with Gasteiger partial charge >= 0.3 is 11.7 Å². The first kappa shape index (κ1) is 24.8. The SMILES string of the molecule is COc1ccnc2c(=O)n([C@H](C)C(=O)O[C@H](C)C(c3ccc(F)cc3)c3ccc(F)cc3)c(=O)oc12. The second-order valence-electron chi connectivity index (χ2n) is 8.13. The van der Waals surface area contributed by atoms with Crippen LogP contribution in [-0.4, -0.2) is 28.7 Å². The number of pyridine rings is 1. The zero-order chi connectivity index (χ0) is 26.0. The van der Waals surface area contributed by atoms with E-state index in [0.29, 0.717) is 15.7 Å². The van der Waals surface area contributed by atoms with Crippen molar-refractivity contribution in [3.05, 3.63) is 104 Å². The van der Waals surface area contributed by atoms with Crippen LogP contribution in [0.15, 0.2) is 74.8 Å². The number of carbonyl (C=O) groups excluding carboxylic acids is 1. The molecule has 0 aliphatic heterocycles. The van der Waals surface area contributed by atoms with Gasteiger partial charge in [-0.3, -0.25) is 4.79 Å². The second-order valence-corrected chi connectivity index (χ2v) is 8.13. The molecule has 0 amide bonds. The molecule has 10 heteroatoms. The van der Waals surface area contributed by atoms with Gasteiger partial charge in [0.1, 0.15) is 23.8 Å². The van der Waals surface area contributed by atoms with Crippen molar-refractivity contribution in [1.82, 2.24) is 9.55 Å². The van der Waals surface area contributed by atoms with Gasteiger partial charge in [0.25, 0.3) is 5.56 Å². The standard InChI is InChI=1S/C26H22F2N2O6/c1-14(30-24(31)22-23(36-26(30)33)20(34-3)12-13-29-22)25(32)35-15(2)21(16-4-8-18(27)9-5-16)17-6-10-19(28)11-7-17/h4-15,21H,1-3H3/t14-,15-/m1/s1. The van der Waals surface area contributed by atoms with Crippen molar-refractivity contribution >= 4 is 17.1 Å². The number of aromatic nitrogens is 2. The zero-order valence-corrected chi connectivity index (χ0v) is 19.6. The minimum Gasteiger partial charge on any atom is -0.493 e. The lowest BCUT2D eigenvalue weighted by atomic mass is 9.87. The number of esters is 1. The molecule has 2 aromatic heterocycles. The second kappa shape index (κ2) is 10.1. The lowest BCUT2D eigenvalue weighted by Crippen LogP contribution is -2.40. The summed E-state index contributed by atoms with van der Waals surface area (Å²) in [7, 11) is 1.35. The Bertz CT molecular complexity index is 1470. The van der Waals surface area contributed by atoms with E-state index in [-0.39, 0.29) is 16.8 Å². The van der Waals surface area contributed by atoms with Crippen molar-refractivity contribution in [3.8, 4) is 5.75 Å². The van der Waals surface area contributed by atoms with E-state index in [0.717, 1.165) is 0 Å².